The largest absolute Gasteiger partial charge is 0.484 e. The third-order valence-corrected chi connectivity index (χ3v) is 7.67. The maximum Gasteiger partial charge on any atom is 0.338 e. The maximum absolute atomic E-state index is 13.5. The summed E-state index contributed by atoms with van der Waals surface area (Å²) < 4.78 is 18.6. The third-order valence-electron chi connectivity index (χ3n) is 6.62. The number of anilines is 1. The number of nitrogens with one attached hydrogen (secondary N) is 1. The van der Waals surface area contributed by atoms with Gasteiger partial charge in [-0.15, -0.1) is 5.10 Å². The molecule has 2 aliphatic rings. The van der Waals surface area contributed by atoms with E-state index in [0.717, 1.165) is 23.3 Å². The van der Waals surface area contributed by atoms with Crippen LogP contribution in [0.4, 0.5) is 5.95 Å². The lowest BCUT2D eigenvalue weighted by Crippen LogP contribution is -2.42. The monoisotopic (exact) mass is 563 g/mol. The zero-order valence-electron chi connectivity index (χ0n) is 22.7. The van der Waals surface area contributed by atoms with Crippen molar-refractivity contribution in [2.75, 3.05) is 44.0 Å². The fourth-order valence-electron chi connectivity index (χ4n) is 4.55. The number of carbonyl (C=O) groups excluding carboxylic acids is 2. The molecule has 210 valence electrons. The smallest absolute Gasteiger partial charge is 0.338 e. The number of rotatable bonds is 10. The Hall–Kier alpha value is -3.83. The lowest BCUT2D eigenvalue weighted by Gasteiger charge is -2.28. The predicted octanol–water partition coefficient (Wildman–Crippen LogP) is 4.05. The SMILES string of the molecule is CCCSc1nc2n(n1)C(c1ccc(OCC(=O)N3CCOCC3)cc1)C(C(=O)OCc1ccccc1)=C(C)N2. The van der Waals surface area contributed by atoms with E-state index in [-0.39, 0.29) is 19.1 Å². The summed E-state index contributed by atoms with van der Waals surface area (Å²) >= 11 is 1.57. The van der Waals surface area contributed by atoms with Crippen molar-refractivity contribution in [3.63, 3.8) is 0 Å². The van der Waals surface area contributed by atoms with E-state index in [4.69, 9.17) is 19.3 Å². The van der Waals surface area contributed by atoms with Gasteiger partial charge >= 0.3 is 5.97 Å². The van der Waals surface area contributed by atoms with Gasteiger partial charge in [0, 0.05) is 24.5 Å². The number of amides is 1. The zero-order chi connectivity index (χ0) is 27.9. The molecule has 1 N–H and O–H groups in total. The van der Waals surface area contributed by atoms with Crippen LogP contribution in [0, 0.1) is 0 Å². The third kappa shape index (κ3) is 6.48. The molecule has 0 radical (unpaired) electrons. The van der Waals surface area contributed by atoms with Gasteiger partial charge in [0.25, 0.3) is 5.91 Å². The summed E-state index contributed by atoms with van der Waals surface area (Å²) in [7, 11) is 0. The average Bonchev–Trinajstić information content (AvgIpc) is 3.40. The molecule has 1 fully saturated rings. The number of hydrogen-bond donors (Lipinski definition) is 1. The molecule has 1 atom stereocenters. The number of aromatic nitrogens is 3. The van der Waals surface area contributed by atoms with Crippen LogP contribution >= 0.6 is 11.8 Å². The number of nitrogens with zero attached hydrogens (tertiary/aromatic N) is 4. The first kappa shape index (κ1) is 27.7. The molecule has 0 aliphatic carbocycles. The Balaban J connectivity index is 1.37. The molecular weight excluding hydrogens is 530 g/mol. The lowest BCUT2D eigenvalue weighted by atomic mass is 9.95. The molecule has 0 saturated carbocycles. The molecule has 1 unspecified atom stereocenters. The number of ether oxygens (including phenoxy) is 3. The standard InChI is InChI=1S/C29H33N5O5S/c1-3-17-40-29-31-28-30-20(2)25(27(36)39-18-21-7-5-4-6-8-21)26(34(28)32-29)22-9-11-23(12-10-22)38-19-24(35)33-13-15-37-16-14-33/h4-12,26H,3,13-19H2,1-2H3,(H,30,31,32). The van der Waals surface area contributed by atoms with Gasteiger partial charge < -0.3 is 24.4 Å². The van der Waals surface area contributed by atoms with Crippen molar-refractivity contribution >= 4 is 29.6 Å². The highest BCUT2D eigenvalue weighted by molar-refractivity contribution is 7.99. The number of morpholine rings is 1. The summed E-state index contributed by atoms with van der Waals surface area (Å²) in [5.74, 6) is 1.52. The van der Waals surface area contributed by atoms with Crippen LogP contribution in [0.3, 0.4) is 0 Å². The van der Waals surface area contributed by atoms with E-state index < -0.39 is 12.0 Å². The number of carbonyl (C=O) groups is 2. The van der Waals surface area contributed by atoms with E-state index in [1.165, 1.54) is 0 Å². The highest BCUT2D eigenvalue weighted by atomic mass is 32.2. The van der Waals surface area contributed by atoms with Crippen molar-refractivity contribution in [3.05, 3.63) is 77.0 Å². The highest BCUT2D eigenvalue weighted by Crippen LogP contribution is 2.37. The molecule has 2 aliphatic heterocycles. The van der Waals surface area contributed by atoms with Crippen molar-refractivity contribution in [1.82, 2.24) is 19.7 Å². The number of benzene rings is 2. The molecule has 3 heterocycles. The molecule has 0 bridgehead atoms. The summed E-state index contributed by atoms with van der Waals surface area (Å²) in [6.07, 6.45) is 0.995. The van der Waals surface area contributed by atoms with Crippen LogP contribution in [-0.2, 0) is 25.7 Å². The van der Waals surface area contributed by atoms with Gasteiger partial charge in [0.2, 0.25) is 11.1 Å². The average molecular weight is 564 g/mol. The minimum atomic E-state index is -0.549. The molecule has 1 aromatic heterocycles. The molecule has 1 amide bonds. The fraction of sp³-hybridized carbons (Fsp3) is 0.379. The summed E-state index contributed by atoms with van der Waals surface area (Å²) in [4.78, 5) is 32.4. The Morgan fingerprint density at radius 3 is 2.58 bits per heavy atom. The van der Waals surface area contributed by atoms with Crippen LogP contribution in [0.5, 0.6) is 5.75 Å². The lowest BCUT2D eigenvalue weighted by molar-refractivity contribution is -0.141. The van der Waals surface area contributed by atoms with Gasteiger partial charge in [-0.25, -0.2) is 9.48 Å². The molecule has 5 rings (SSSR count). The number of esters is 1. The maximum atomic E-state index is 13.5. The van der Waals surface area contributed by atoms with Crippen molar-refractivity contribution in [2.24, 2.45) is 0 Å². The Kier molecular flexibility index (Phi) is 9.02. The van der Waals surface area contributed by atoms with E-state index in [2.05, 4.69) is 17.2 Å². The fourth-order valence-corrected chi connectivity index (χ4v) is 5.24. The normalized spacial score (nSPS) is 16.8. The van der Waals surface area contributed by atoms with Crippen LogP contribution < -0.4 is 10.1 Å². The zero-order valence-corrected chi connectivity index (χ0v) is 23.5. The van der Waals surface area contributed by atoms with E-state index in [0.29, 0.717) is 54.4 Å². The van der Waals surface area contributed by atoms with Gasteiger partial charge in [-0.3, -0.25) is 4.79 Å². The van der Waals surface area contributed by atoms with E-state index in [1.54, 1.807) is 33.5 Å². The van der Waals surface area contributed by atoms with Gasteiger partial charge in [-0.1, -0.05) is 61.2 Å². The molecular formula is C29H33N5O5S. The van der Waals surface area contributed by atoms with Gasteiger partial charge in [0.05, 0.1) is 18.8 Å². The number of hydrogen-bond acceptors (Lipinski definition) is 9. The van der Waals surface area contributed by atoms with Crippen LogP contribution in [0.2, 0.25) is 0 Å². The van der Waals surface area contributed by atoms with Crippen molar-refractivity contribution in [2.45, 2.75) is 38.1 Å². The Morgan fingerprint density at radius 1 is 1.10 bits per heavy atom. The minimum absolute atomic E-state index is 0.0476. The highest BCUT2D eigenvalue weighted by Gasteiger charge is 2.35. The van der Waals surface area contributed by atoms with Crippen molar-refractivity contribution < 1.29 is 23.8 Å². The molecule has 1 saturated heterocycles. The quantitative estimate of drug-likeness (QED) is 0.289. The van der Waals surface area contributed by atoms with Gasteiger partial charge in [0.15, 0.2) is 6.61 Å². The first-order valence-electron chi connectivity index (χ1n) is 13.4. The van der Waals surface area contributed by atoms with Crippen LogP contribution in [0.25, 0.3) is 0 Å². The van der Waals surface area contributed by atoms with Gasteiger partial charge in [-0.05, 0) is 36.6 Å². The molecule has 10 nitrogen and oxygen atoms in total. The first-order valence-corrected chi connectivity index (χ1v) is 14.4. The van der Waals surface area contributed by atoms with E-state index >= 15 is 0 Å². The molecule has 11 heteroatoms. The number of fused-ring (bicyclic) bond motifs is 1. The molecule has 40 heavy (non-hydrogen) atoms. The van der Waals surface area contributed by atoms with Crippen LogP contribution in [0.15, 0.2) is 71.0 Å². The summed E-state index contributed by atoms with van der Waals surface area (Å²) in [5, 5.41) is 8.62. The second kappa shape index (κ2) is 13.0. The Labute approximate surface area is 237 Å². The van der Waals surface area contributed by atoms with Crippen LogP contribution in [0.1, 0.15) is 37.4 Å². The molecule has 2 aromatic carbocycles. The summed E-state index contributed by atoms with van der Waals surface area (Å²) in [6, 6.07) is 16.4. The number of allylic oxidation sites excluding steroid dienone is 1. The predicted molar refractivity (Wildman–Crippen MR) is 151 cm³/mol. The number of thioether (sulfide) groups is 1. The second-order valence-electron chi connectivity index (χ2n) is 9.49. The Bertz CT molecular complexity index is 1350. The van der Waals surface area contributed by atoms with Gasteiger partial charge in [-0.2, -0.15) is 4.98 Å². The van der Waals surface area contributed by atoms with Crippen molar-refractivity contribution in [3.8, 4) is 5.75 Å². The van der Waals surface area contributed by atoms with Crippen molar-refractivity contribution in [1.29, 1.82) is 0 Å². The van der Waals surface area contributed by atoms with E-state index in [9.17, 15) is 9.59 Å². The van der Waals surface area contributed by atoms with Gasteiger partial charge in [0.1, 0.15) is 18.4 Å². The van der Waals surface area contributed by atoms with E-state index in [1.807, 2.05) is 49.4 Å². The molecule has 3 aromatic rings. The Morgan fingerprint density at radius 2 is 1.85 bits per heavy atom. The summed E-state index contributed by atoms with van der Waals surface area (Å²) in [6.45, 7) is 6.30. The van der Waals surface area contributed by atoms with Crippen LogP contribution in [-0.4, -0.2) is 70.2 Å². The summed E-state index contributed by atoms with van der Waals surface area (Å²) in [5.41, 5.74) is 2.84. The second-order valence-corrected chi connectivity index (χ2v) is 10.6. The first-order chi connectivity index (χ1) is 19.5. The molecule has 0 spiro atoms. The minimum Gasteiger partial charge on any atom is -0.484 e. The topological polar surface area (TPSA) is 108 Å².